The molecule has 0 saturated heterocycles. The summed E-state index contributed by atoms with van der Waals surface area (Å²) in [5, 5.41) is 5.38. The summed E-state index contributed by atoms with van der Waals surface area (Å²) >= 11 is 1.71. The highest BCUT2D eigenvalue weighted by atomic mass is 32.1. The van der Waals surface area contributed by atoms with Gasteiger partial charge in [-0.05, 0) is 11.4 Å². The van der Waals surface area contributed by atoms with Crippen LogP contribution in [-0.2, 0) is 11.2 Å². The summed E-state index contributed by atoms with van der Waals surface area (Å²) in [5.41, 5.74) is 0. The van der Waals surface area contributed by atoms with E-state index in [1.807, 2.05) is 13.0 Å². The Balaban J connectivity index is 2.60. The maximum atomic E-state index is 11.7. The summed E-state index contributed by atoms with van der Waals surface area (Å²) in [6.07, 6.45) is 1.43. The number of hydrogen-bond donors (Lipinski definition) is 1. The van der Waals surface area contributed by atoms with Crippen molar-refractivity contribution in [2.24, 2.45) is 0 Å². The van der Waals surface area contributed by atoms with Crippen molar-refractivity contribution in [1.82, 2.24) is 5.32 Å². The van der Waals surface area contributed by atoms with Gasteiger partial charge in [-0.2, -0.15) is 0 Å². The molecule has 84 valence electrons. The van der Waals surface area contributed by atoms with Crippen LogP contribution < -0.4 is 5.32 Å². The lowest BCUT2D eigenvalue weighted by Gasteiger charge is -2.18. The van der Waals surface area contributed by atoms with E-state index in [-0.39, 0.29) is 6.04 Å². The maximum absolute atomic E-state index is 11.7. The van der Waals surface area contributed by atoms with Gasteiger partial charge >= 0.3 is 0 Å². The predicted octanol–water partition coefficient (Wildman–Crippen LogP) is 2.64. The van der Waals surface area contributed by atoms with Gasteiger partial charge in [0.15, 0.2) is 0 Å². The summed E-state index contributed by atoms with van der Waals surface area (Å²) in [6.45, 7) is 6.07. The second-order valence-corrected chi connectivity index (χ2v) is 5.01. The molecule has 1 aromatic heterocycles. The van der Waals surface area contributed by atoms with Crippen LogP contribution in [0.25, 0.3) is 0 Å². The normalized spacial score (nSPS) is 13.1. The SMILES string of the molecule is CCC(=O)[C@H](Cc1cccs1)NC(C)C. The molecule has 0 spiro atoms. The molecule has 1 atom stereocenters. The van der Waals surface area contributed by atoms with E-state index >= 15 is 0 Å². The van der Waals surface area contributed by atoms with E-state index in [0.717, 1.165) is 6.42 Å². The van der Waals surface area contributed by atoms with Gasteiger partial charge in [0.2, 0.25) is 0 Å². The van der Waals surface area contributed by atoms with Crippen LogP contribution in [0.1, 0.15) is 32.1 Å². The summed E-state index contributed by atoms with van der Waals surface area (Å²) in [7, 11) is 0. The first-order valence-corrected chi connectivity index (χ1v) is 6.32. The summed E-state index contributed by atoms with van der Waals surface area (Å²) in [5.74, 6) is 0.303. The molecular weight excluding hydrogens is 206 g/mol. The summed E-state index contributed by atoms with van der Waals surface area (Å²) < 4.78 is 0. The molecule has 0 aliphatic rings. The zero-order valence-corrected chi connectivity index (χ0v) is 10.4. The topological polar surface area (TPSA) is 29.1 Å². The molecule has 1 aromatic rings. The first kappa shape index (κ1) is 12.4. The minimum absolute atomic E-state index is 0.0198. The van der Waals surface area contributed by atoms with Crippen molar-refractivity contribution in [1.29, 1.82) is 0 Å². The quantitative estimate of drug-likeness (QED) is 0.806. The molecule has 0 bridgehead atoms. The summed E-state index contributed by atoms with van der Waals surface area (Å²) in [4.78, 5) is 13.0. The highest BCUT2D eigenvalue weighted by molar-refractivity contribution is 7.09. The minimum atomic E-state index is -0.0198. The molecule has 1 heterocycles. The molecule has 0 radical (unpaired) electrons. The van der Waals surface area contributed by atoms with Gasteiger partial charge in [0.1, 0.15) is 5.78 Å². The molecule has 3 heteroatoms. The van der Waals surface area contributed by atoms with Crippen LogP contribution in [0.3, 0.4) is 0 Å². The van der Waals surface area contributed by atoms with Crippen molar-refractivity contribution in [3.8, 4) is 0 Å². The van der Waals surface area contributed by atoms with Crippen molar-refractivity contribution in [2.45, 2.75) is 45.7 Å². The Hall–Kier alpha value is -0.670. The fraction of sp³-hybridized carbons (Fsp3) is 0.583. The number of rotatable bonds is 6. The van der Waals surface area contributed by atoms with Gasteiger partial charge in [-0.15, -0.1) is 11.3 Å². The van der Waals surface area contributed by atoms with Gasteiger partial charge in [-0.3, -0.25) is 4.79 Å². The first-order valence-electron chi connectivity index (χ1n) is 5.44. The predicted molar refractivity (Wildman–Crippen MR) is 65.4 cm³/mol. The van der Waals surface area contributed by atoms with Gasteiger partial charge in [0, 0.05) is 23.8 Å². The van der Waals surface area contributed by atoms with Crippen LogP contribution in [0.15, 0.2) is 17.5 Å². The fourth-order valence-corrected chi connectivity index (χ4v) is 2.30. The minimum Gasteiger partial charge on any atom is -0.305 e. The second kappa shape index (κ2) is 6.03. The van der Waals surface area contributed by atoms with Crippen LogP contribution in [-0.4, -0.2) is 17.9 Å². The molecule has 0 saturated carbocycles. The van der Waals surface area contributed by atoms with Crippen LogP contribution in [0.2, 0.25) is 0 Å². The number of Topliss-reactive ketones (excluding diaryl/α,β-unsaturated/α-hetero) is 1. The number of ketones is 1. The Bertz CT molecular complexity index is 293. The zero-order chi connectivity index (χ0) is 11.3. The van der Waals surface area contributed by atoms with Gasteiger partial charge in [0.05, 0.1) is 6.04 Å². The van der Waals surface area contributed by atoms with Crippen molar-refractivity contribution in [3.05, 3.63) is 22.4 Å². The molecule has 0 aliphatic carbocycles. The molecule has 0 unspecified atom stereocenters. The van der Waals surface area contributed by atoms with Gasteiger partial charge in [-0.25, -0.2) is 0 Å². The average molecular weight is 225 g/mol. The van der Waals surface area contributed by atoms with Crippen molar-refractivity contribution >= 4 is 17.1 Å². The monoisotopic (exact) mass is 225 g/mol. The zero-order valence-electron chi connectivity index (χ0n) is 9.62. The van der Waals surface area contributed by atoms with E-state index in [1.165, 1.54) is 4.88 Å². The Kier molecular flexibility index (Phi) is 4.99. The molecule has 1 rings (SSSR count). The maximum Gasteiger partial charge on any atom is 0.149 e. The van der Waals surface area contributed by atoms with E-state index in [0.29, 0.717) is 18.2 Å². The van der Waals surface area contributed by atoms with Gasteiger partial charge in [-0.1, -0.05) is 26.8 Å². The summed E-state index contributed by atoms with van der Waals surface area (Å²) in [6, 6.07) is 4.45. The Morgan fingerprint density at radius 1 is 1.53 bits per heavy atom. The standard InChI is InChI=1S/C12H19NOS/c1-4-12(14)11(13-9(2)3)8-10-6-5-7-15-10/h5-7,9,11,13H,4,8H2,1-3H3/t11-/m0/s1. The number of carbonyl (C=O) groups excluding carboxylic acids is 1. The number of nitrogens with one attached hydrogen (secondary N) is 1. The van der Waals surface area contributed by atoms with Crippen molar-refractivity contribution in [3.63, 3.8) is 0 Å². The van der Waals surface area contributed by atoms with E-state index in [1.54, 1.807) is 11.3 Å². The Morgan fingerprint density at radius 2 is 2.27 bits per heavy atom. The smallest absolute Gasteiger partial charge is 0.149 e. The lowest BCUT2D eigenvalue weighted by Crippen LogP contribution is -2.42. The third-order valence-electron chi connectivity index (χ3n) is 2.26. The van der Waals surface area contributed by atoms with E-state index < -0.39 is 0 Å². The largest absolute Gasteiger partial charge is 0.305 e. The van der Waals surface area contributed by atoms with E-state index in [9.17, 15) is 4.79 Å². The highest BCUT2D eigenvalue weighted by Crippen LogP contribution is 2.12. The Morgan fingerprint density at radius 3 is 2.73 bits per heavy atom. The van der Waals surface area contributed by atoms with Crippen LogP contribution >= 0.6 is 11.3 Å². The third-order valence-corrected chi connectivity index (χ3v) is 3.16. The molecule has 15 heavy (non-hydrogen) atoms. The number of thiophene rings is 1. The fourth-order valence-electron chi connectivity index (χ4n) is 1.54. The van der Waals surface area contributed by atoms with Crippen LogP contribution in [0.4, 0.5) is 0 Å². The van der Waals surface area contributed by atoms with Crippen LogP contribution in [0, 0.1) is 0 Å². The Labute approximate surface area is 95.7 Å². The molecule has 0 amide bonds. The van der Waals surface area contributed by atoms with Crippen molar-refractivity contribution < 1.29 is 4.79 Å². The molecular formula is C12H19NOS. The van der Waals surface area contributed by atoms with E-state index in [2.05, 4.69) is 30.6 Å². The third kappa shape index (κ3) is 4.14. The van der Waals surface area contributed by atoms with E-state index in [4.69, 9.17) is 0 Å². The van der Waals surface area contributed by atoms with Gasteiger partial charge in [0.25, 0.3) is 0 Å². The lowest BCUT2D eigenvalue weighted by atomic mass is 10.1. The highest BCUT2D eigenvalue weighted by Gasteiger charge is 2.17. The molecule has 0 fully saturated rings. The second-order valence-electron chi connectivity index (χ2n) is 3.98. The van der Waals surface area contributed by atoms with Gasteiger partial charge < -0.3 is 5.32 Å². The molecule has 0 aliphatic heterocycles. The molecule has 0 aromatic carbocycles. The number of carbonyl (C=O) groups is 1. The number of hydrogen-bond acceptors (Lipinski definition) is 3. The molecule has 1 N–H and O–H groups in total. The average Bonchev–Trinajstić information content (AvgIpc) is 2.67. The lowest BCUT2D eigenvalue weighted by molar-refractivity contribution is -0.120. The molecule has 2 nitrogen and oxygen atoms in total. The van der Waals surface area contributed by atoms with Crippen molar-refractivity contribution in [2.75, 3.05) is 0 Å². The van der Waals surface area contributed by atoms with Crippen LogP contribution in [0.5, 0.6) is 0 Å². The first-order chi connectivity index (χ1) is 7.13.